The molecule has 0 amide bonds. The zero-order chi connectivity index (χ0) is 35.3. The number of unbranched alkanes of at least 4 members (excludes halogenated alkanes) is 11. The van der Waals surface area contributed by atoms with Gasteiger partial charge in [0.05, 0.1) is 0 Å². The van der Waals surface area contributed by atoms with E-state index in [1.165, 1.54) is 116 Å². The molecule has 2 heteroatoms. The van der Waals surface area contributed by atoms with E-state index in [4.69, 9.17) is 4.74 Å². The molecule has 0 radical (unpaired) electrons. The Bertz CT molecular complexity index is 1070. The van der Waals surface area contributed by atoms with Crippen molar-refractivity contribution in [2.75, 3.05) is 0 Å². The second-order valence-electron chi connectivity index (χ2n) is 18.3. The lowest BCUT2D eigenvalue weighted by atomic mass is 9.47. The van der Waals surface area contributed by atoms with E-state index in [1.54, 1.807) is 0 Å². The van der Waals surface area contributed by atoms with Crippen molar-refractivity contribution in [1.29, 1.82) is 0 Å². The number of rotatable bonds is 21. The molecule has 4 aliphatic rings. The first kappa shape index (κ1) is 40.5. The van der Waals surface area contributed by atoms with Crippen molar-refractivity contribution < 1.29 is 9.53 Å². The second-order valence-corrected chi connectivity index (χ2v) is 18.3. The number of carbonyl (C=O) groups excluding carboxylic acids is 1. The summed E-state index contributed by atoms with van der Waals surface area (Å²) in [5.74, 6) is 5.16. The molecule has 3 saturated carbocycles. The van der Waals surface area contributed by atoms with E-state index in [9.17, 15) is 4.79 Å². The number of hydrogen-bond acceptors (Lipinski definition) is 2. The molecule has 4 rings (SSSR count). The highest BCUT2D eigenvalue weighted by molar-refractivity contribution is 5.69. The van der Waals surface area contributed by atoms with Gasteiger partial charge in [0.1, 0.15) is 6.10 Å². The van der Waals surface area contributed by atoms with Gasteiger partial charge in [-0.2, -0.15) is 0 Å². The predicted molar refractivity (Wildman–Crippen MR) is 211 cm³/mol. The number of carbonyl (C=O) groups is 1. The highest BCUT2D eigenvalue weighted by atomic mass is 16.5. The molecule has 0 bridgehead atoms. The molecule has 3 fully saturated rings. The van der Waals surface area contributed by atoms with Crippen LogP contribution in [0, 0.1) is 52.3 Å². The lowest BCUT2D eigenvalue weighted by molar-refractivity contribution is -0.155. The average Bonchev–Trinajstić information content (AvgIpc) is 3.44. The summed E-state index contributed by atoms with van der Waals surface area (Å²) in [7, 11) is 0. The summed E-state index contributed by atoms with van der Waals surface area (Å²) in [4.78, 5) is 12.8. The fraction of sp³-hybridized carbons (Fsp3) is 0.851. The number of fused-ring (bicyclic) bond motifs is 5. The molecule has 4 aliphatic carbocycles. The van der Waals surface area contributed by atoms with Crippen molar-refractivity contribution in [3.63, 3.8) is 0 Å². The van der Waals surface area contributed by atoms with Gasteiger partial charge < -0.3 is 4.74 Å². The summed E-state index contributed by atoms with van der Waals surface area (Å²) in [5, 5.41) is 0. The summed E-state index contributed by atoms with van der Waals surface area (Å²) in [6.07, 6.45) is 41.5. The third-order valence-corrected chi connectivity index (χ3v) is 14.7. The number of allylic oxidation sites excluding steroid dienone is 6. The predicted octanol–water partition coefficient (Wildman–Crippen LogP) is 14.4. The van der Waals surface area contributed by atoms with Crippen molar-refractivity contribution in [2.24, 2.45) is 52.3 Å². The van der Waals surface area contributed by atoms with Gasteiger partial charge in [0, 0.05) is 6.42 Å². The number of esters is 1. The van der Waals surface area contributed by atoms with Crippen LogP contribution in [0.5, 0.6) is 0 Å². The van der Waals surface area contributed by atoms with Gasteiger partial charge in [-0.15, -0.1) is 0 Å². The van der Waals surface area contributed by atoms with Crippen molar-refractivity contribution in [3.8, 4) is 0 Å². The quantitative estimate of drug-likeness (QED) is 0.0687. The summed E-state index contributed by atoms with van der Waals surface area (Å²) in [6.45, 7) is 17.2. The maximum atomic E-state index is 12.8. The largest absolute Gasteiger partial charge is 0.462 e. The van der Waals surface area contributed by atoms with E-state index in [2.05, 4.69) is 78.8 Å². The van der Waals surface area contributed by atoms with Gasteiger partial charge in [-0.1, -0.05) is 136 Å². The van der Waals surface area contributed by atoms with Crippen molar-refractivity contribution in [2.45, 2.75) is 202 Å². The Balaban J connectivity index is 1.15. The highest BCUT2D eigenvalue weighted by Crippen LogP contribution is 2.67. The molecule has 0 spiro atoms. The van der Waals surface area contributed by atoms with Crippen molar-refractivity contribution >= 4 is 5.97 Å². The minimum Gasteiger partial charge on any atom is -0.462 e. The molecule has 2 nitrogen and oxygen atoms in total. The van der Waals surface area contributed by atoms with Crippen LogP contribution in [0.3, 0.4) is 0 Å². The Labute approximate surface area is 305 Å². The number of hydrogen-bond donors (Lipinski definition) is 0. The van der Waals surface area contributed by atoms with E-state index in [-0.39, 0.29) is 12.1 Å². The number of ether oxygens (including phenoxy) is 1. The van der Waals surface area contributed by atoms with E-state index in [0.29, 0.717) is 35.0 Å². The van der Waals surface area contributed by atoms with Gasteiger partial charge in [0.2, 0.25) is 0 Å². The molecule has 0 heterocycles. The van der Waals surface area contributed by atoms with Crippen LogP contribution in [0.15, 0.2) is 36.0 Å². The SMILES string of the molecule is CCCCCCCCC=CCCCCCCCC(=O)O[C@H]1CC[C@@]2(C)[C@@H](CC=C3[C@@H]2CC[C@]2(C)[C@@H]([C@H](C)C=C[C@@H](CC)C(C)C)CC[C@@H]32)C1. The molecular formula is C47H80O2. The molecule has 0 aromatic heterocycles. The molecular weight excluding hydrogens is 597 g/mol. The van der Waals surface area contributed by atoms with Crippen LogP contribution >= 0.6 is 0 Å². The molecule has 0 aliphatic heterocycles. The van der Waals surface area contributed by atoms with Crippen LogP contribution in [0.1, 0.15) is 196 Å². The summed E-state index contributed by atoms with van der Waals surface area (Å²) >= 11 is 0. The van der Waals surface area contributed by atoms with Crippen molar-refractivity contribution in [1.82, 2.24) is 0 Å². The zero-order valence-electron chi connectivity index (χ0n) is 33.6. The van der Waals surface area contributed by atoms with E-state index >= 15 is 0 Å². The van der Waals surface area contributed by atoms with E-state index in [1.807, 2.05) is 5.57 Å². The Morgan fingerprint density at radius 1 is 0.796 bits per heavy atom. The summed E-state index contributed by atoms with van der Waals surface area (Å²) < 4.78 is 6.15. The summed E-state index contributed by atoms with van der Waals surface area (Å²) in [5.41, 5.74) is 2.68. The topological polar surface area (TPSA) is 26.3 Å². The maximum Gasteiger partial charge on any atom is 0.306 e. The first-order valence-electron chi connectivity index (χ1n) is 21.9. The van der Waals surface area contributed by atoms with Crippen molar-refractivity contribution in [3.05, 3.63) is 36.0 Å². The molecule has 0 aromatic carbocycles. The molecule has 0 N–H and O–H groups in total. The third-order valence-electron chi connectivity index (χ3n) is 14.7. The van der Waals surface area contributed by atoms with Gasteiger partial charge in [0.15, 0.2) is 0 Å². The highest BCUT2D eigenvalue weighted by Gasteiger charge is 2.58. The fourth-order valence-corrected chi connectivity index (χ4v) is 11.4. The Kier molecular flexibility index (Phi) is 16.6. The second kappa shape index (κ2) is 20.1. The van der Waals surface area contributed by atoms with Crippen LogP contribution in [0.25, 0.3) is 0 Å². The standard InChI is InChI=1S/C47H80O2/c1-8-10-11-12-13-14-15-16-17-18-19-20-21-22-23-24-45(48)49-40-31-33-46(6)39(35-40)27-28-41-43-30-29-42(47(43,7)34-32-44(41)46)37(5)25-26-38(9-2)36(3)4/h16-17,25-26,28,36-40,42-44H,8-15,18-24,27,29-35H2,1-7H3/t37-,38-,39+,40+,42-,43+,44+,46+,47-/m1/s1. The lowest BCUT2D eigenvalue weighted by Gasteiger charge is -2.58. The normalized spacial score (nSPS) is 32.6. The minimum atomic E-state index is 0.0607. The van der Waals surface area contributed by atoms with E-state index < -0.39 is 0 Å². The van der Waals surface area contributed by atoms with E-state index in [0.717, 1.165) is 49.4 Å². The van der Waals surface area contributed by atoms with Crippen LogP contribution in [-0.2, 0) is 9.53 Å². The first-order chi connectivity index (χ1) is 23.6. The van der Waals surface area contributed by atoms with Gasteiger partial charge in [-0.05, 0) is 142 Å². The molecule has 9 atom stereocenters. The van der Waals surface area contributed by atoms with Crippen LogP contribution in [0.4, 0.5) is 0 Å². The van der Waals surface area contributed by atoms with Gasteiger partial charge in [-0.3, -0.25) is 4.79 Å². The molecule has 280 valence electrons. The average molecular weight is 677 g/mol. The summed E-state index contributed by atoms with van der Waals surface area (Å²) in [6, 6.07) is 0. The van der Waals surface area contributed by atoms with Gasteiger partial charge in [-0.25, -0.2) is 0 Å². The molecule has 0 unspecified atom stereocenters. The molecule has 0 saturated heterocycles. The first-order valence-corrected chi connectivity index (χ1v) is 21.9. The Hall–Kier alpha value is -1.31. The molecule has 0 aromatic rings. The van der Waals surface area contributed by atoms with Gasteiger partial charge in [0.25, 0.3) is 0 Å². The lowest BCUT2D eigenvalue weighted by Crippen LogP contribution is -2.50. The monoisotopic (exact) mass is 677 g/mol. The Morgan fingerprint density at radius 2 is 1.43 bits per heavy atom. The smallest absolute Gasteiger partial charge is 0.306 e. The molecule has 49 heavy (non-hydrogen) atoms. The van der Waals surface area contributed by atoms with Crippen LogP contribution < -0.4 is 0 Å². The third kappa shape index (κ3) is 10.9. The Morgan fingerprint density at radius 3 is 2.10 bits per heavy atom. The van der Waals surface area contributed by atoms with Crippen LogP contribution in [-0.4, -0.2) is 12.1 Å². The maximum absolute atomic E-state index is 12.8. The van der Waals surface area contributed by atoms with Gasteiger partial charge >= 0.3 is 5.97 Å². The fourth-order valence-electron chi connectivity index (χ4n) is 11.4. The minimum absolute atomic E-state index is 0.0607. The van der Waals surface area contributed by atoms with Crippen LogP contribution in [0.2, 0.25) is 0 Å². The zero-order valence-corrected chi connectivity index (χ0v) is 33.6.